The van der Waals surface area contributed by atoms with Gasteiger partial charge >= 0.3 is 0 Å². The number of aliphatic imine (C=N–C) groups is 1. The van der Waals surface area contributed by atoms with Gasteiger partial charge in [0.15, 0.2) is 11.8 Å². The van der Waals surface area contributed by atoms with Crippen LogP contribution in [0, 0.1) is 5.92 Å². The van der Waals surface area contributed by atoms with Crippen LogP contribution in [0.3, 0.4) is 0 Å². The molecule has 2 heterocycles. The summed E-state index contributed by atoms with van der Waals surface area (Å²) in [7, 11) is 3.50. The Balaban J connectivity index is 0.00000225. The number of methoxy groups -OCH3 is 1. The van der Waals surface area contributed by atoms with Crippen molar-refractivity contribution in [1.29, 1.82) is 0 Å². The first-order chi connectivity index (χ1) is 13.2. The zero-order valence-electron chi connectivity index (χ0n) is 16.5. The molecular weight excluding hydrogens is 467 g/mol. The summed E-state index contributed by atoms with van der Waals surface area (Å²) >= 11 is 0. The Morgan fingerprint density at radius 1 is 1.29 bits per heavy atom. The predicted molar refractivity (Wildman–Crippen MR) is 120 cm³/mol. The lowest BCUT2D eigenvalue weighted by Crippen LogP contribution is -2.48. The lowest BCUT2D eigenvalue weighted by Gasteiger charge is -2.26. The molecule has 2 aliphatic rings. The first kappa shape index (κ1) is 21.0. The third-order valence-electron chi connectivity index (χ3n) is 5.43. The highest BCUT2D eigenvalue weighted by Crippen LogP contribution is 2.25. The molecule has 0 radical (unpaired) electrons. The van der Waals surface area contributed by atoms with E-state index in [1.54, 1.807) is 7.11 Å². The van der Waals surface area contributed by atoms with Crippen molar-refractivity contribution in [3.8, 4) is 0 Å². The lowest BCUT2D eigenvalue weighted by atomic mass is 10.1. The third-order valence-corrected chi connectivity index (χ3v) is 5.43. The molecule has 0 amide bonds. The van der Waals surface area contributed by atoms with Gasteiger partial charge in [0.05, 0.1) is 6.54 Å². The van der Waals surface area contributed by atoms with Crippen LogP contribution >= 0.6 is 24.0 Å². The van der Waals surface area contributed by atoms with Crippen LogP contribution in [0.4, 0.5) is 0 Å². The number of fused-ring (bicyclic) bond motifs is 2. The van der Waals surface area contributed by atoms with Gasteiger partial charge in [-0.25, -0.2) is 9.67 Å². The summed E-state index contributed by atoms with van der Waals surface area (Å²) in [6.07, 6.45) is 4.24. The van der Waals surface area contributed by atoms with E-state index < -0.39 is 0 Å². The van der Waals surface area contributed by atoms with E-state index in [1.165, 1.54) is 11.1 Å². The number of hydrogen-bond acceptors (Lipinski definition) is 4. The molecule has 2 N–H and O–H groups in total. The maximum atomic E-state index is 5.14. The van der Waals surface area contributed by atoms with Gasteiger partial charge in [0, 0.05) is 33.2 Å². The summed E-state index contributed by atoms with van der Waals surface area (Å²) < 4.78 is 7.13. The molecule has 152 valence electrons. The second-order valence-electron chi connectivity index (χ2n) is 7.44. The van der Waals surface area contributed by atoms with Crippen LogP contribution in [0.15, 0.2) is 29.3 Å². The molecule has 0 bridgehead atoms. The van der Waals surface area contributed by atoms with Crippen molar-refractivity contribution in [2.75, 3.05) is 20.7 Å². The first-order valence-corrected chi connectivity index (χ1v) is 9.70. The van der Waals surface area contributed by atoms with Gasteiger partial charge in [-0.2, -0.15) is 5.10 Å². The van der Waals surface area contributed by atoms with E-state index in [-0.39, 0.29) is 24.0 Å². The number of benzene rings is 1. The number of nitrogens with zero attached hydrogens (tertiary/aromatic N) is 4. The Labute approximate surface area is 183 Å². The summed E-state index contributed by atoms with van der Waals surface area (Å²) in [5.74, 6) is 3.31. The minimum atomic E-state index is 0. The molecule has 2 aromatic rings. The molecule has 7 nitrogen and oxygen atoms in total. The smallest absolute Gasteiger partial charge is 0.191 e. The normalized spacial score (nSPS) is 18.9. The Hall–Kier alpha value is -1.68. The maximum Gasteiger partial charge on any atom is 0.191 e. The zero-order valence-corrected chi connectivity index (χ0v) is 18.8. The minimum absolute atomic E-state index is 0. The van der Waals surface area contributed by atoms with Crippen molar-refractivity contribution in [3.05, 3.63) is 47.0 Å². The van der Waals surface area contributed by atoms with Crippen molar-refractivity contribution in [3.63, 3.8) is 0 Å². The van der Waals surface area contributed by atoms with E-state index in [2.05, 4.69) is 50.0 Å². The van der Waals surface area contributed by atoms with Gasteiger partial charge in [-0.05, 0) is 36.3 Å². The highest BCUT2D eigenvalue weighted by molar-refractivity contribution is 14.0. The molecule has 1 atom stereocenters. The Morgan fingerprint density at radius 3 is 2.71 bits per heavy atom. The van der Waals surface area contributed by atoms with E-state index >= 15 is 0 Å². The average molecular weight is 496 g/mol. The fourth-order valence-electron chi connectivity index (χ4n) is 4.09. The molecular formula is C20H29IN6O. The largest absolute Gasteiger partial charge is 0.377 e. The minimum Gasteiger partial charge on any atom is -0.377 e. The summed E-state index contributed by atoms with van der Waals surface area (Å²) in [5.41, 5.74) is 2.98. The zero-order chi connectivity index (χ0) is 18.6. The van der Waals surface area contributed by atoms with Gasteiger partial charge in [0.2, 0.25) is 0 Å². The average Bonchev–Trinajstić information content (AvgIpc) is 3.27. The second kappa shape index (κ2) is 9.69. The number of rotatable bonds is 5. The molecule has 4 rings (SSSR count). The second-order valence-corrected chi connectivity index (χ2v) is 7.44. The topological polar surface area (TPSA) is 76.4 Å². The van der Waals surface area contributed by atoms with E-state index in [0.29, 0.717) is 18.6 Å². The molecule has 0 spiro atoms. The molecule has 1 aromatic heterocycles. The van der Waals surface area contributed by atoms with Gasteiger partial charge in [-0.1, -0.05) is 24.3 Å². The van der Waals surface area contributed by atoms with E-state index in [1.807, 2.05) is 11.7 Å². The van der Waals surface area contributed by atoms with Crippen molar-refractivity contribution < 1.29 is 4.74 Å². The molecule has 0 saturated heterocycles. The van der Waals surface area contributed by atoms with Crippen molar-refractivity contribution in [2.45, 2.75) is 44.9 Å². The van der Waals surface area contributed by atoms with Crippen LogP contribution in [0.5, 0.6) is 0 Å². The van der Waals surface area contributed by atoms with Crippen LogP contribution in [0.1, 0.15) is 29.2 Å². The molecule has 1 aliphatic carbocycles. The first-order valence-electron chi connectivity index (χ1n) is 9.70. The number of halogens is 1. The van der Waals surface area contributed by atoms with Gasteiger partial charge in [-0.3, -0.25) is 4.99 Å². The molecule has 0 saturated carbocycles. The number of hydrogen-bond donors (Lipinski definition) is 2. The summed E-state index contributed by atoms with van der Waals surface area (Å²) in [6, 6.07) is 9.07. The number of aryl methyl sites for hydroxylation is 1. The lowest BCUT2D eigenvalue weighted by molar-refractivity contribution is 0.177. The fourth-order valence-corrected chi connectivity index (χ4v) is 4.09. The number of aromatic nitrogens is 3. The number of nitrogens with one attached hydrogen (secondary N) is 2. The van der Waals surface area contributed by atoms with Crippen LogP contribution in [0.25, 0.3) is 0 Å². The predicted octanol–water partition coefficient (Wildman–Crippen LogP) is 1.94. The summed E-state index contributed by atoms with van der Waals surface area (Å²) in [6.45, 7) is 2.21. The highest BCUT2D eigenvalue weighted by atomic mass is 127. The standard InChI is InChI=1S/C20H28N6O.HI/c1-21-20(22-11-14-9-15-5-3-4-6-16(15)10-14)23-17-7-8-19-24-18(13-27-2)25-26(19)12-17;/h3-6,14,17H,7-13H2,1-2H3,(H2,21,22,23);1H. The van der Waals surface area contributed by atoms with Crippen molar-refractivity contribution >= 4 is 29.9 Å². The summed E-state index contributed by atoms with van der Waals surface area (Å²) in [4.78, 5) is 8.95. The van der Waals surface area contributed by atoms with Crippen LogP contribution < -0.4 is 10.6 Å². The third kappa shape index (κ3) is 4.83. The highest BCUT2D eigenvalue weighted by Gasteiger charge is 2.24. The van der Waals surface area contributed by atoms with Gasteiger partial charge in [-0.15, -0.1) is 24.0 Å². The Bertz CT molecular complexity index is 796. The van der Waals surface area contributed by atoms with Gasteiger partial charge in [0.25, 0.3) is 0 Å². The number of guanidine groups is 1. The monoisotopic (exact) mass is 496 g/mol. The van der Waals surface area contributed by atoms with Gasteiger partial charge in [0.1, 0.15) is 12.4 Å². The van der Waals surface area contributed by atoms with Crippen LogP contribution in [-0.2, 0) is 37.2 Å². The molecule has 1 unspecified atom stereocenters. The fraction of sp³-hybridized carbons (Fsp3) is 0.550. The van der Waals surface area contributed by atoms with E-state index in [9.17, 15) is 0 Å². The molecule has 0 fully saturated rings. The molecule has 28 heavy (non-hydrogen) atoms. The Kier molecular flexibility index (Phi) is 7.28. The number of ether oxygens (including phenoxy) is 1. The quantitative estimate of drug-likeness (QED) is 0.376. The molecule has 8 heteroatoms. The Morgan fingerprint density at radius 2 is 2.04 bits per heavy atom. The summed E-state index contributed by atoms with van der Waals surface area (Å²) in [5, 5.41) is 11.6. The SMILES string of the molecule is CN=C(NCC1Cc2ccccc2C1)NC1CCc2nc(COC)nn2C1.I. The van der Waals surface area contributed by atoms with E-state index in [4.69, 9.17) is 4.74 Å². The van der Waals surface area contributed by atoms with E-state index in [0.717, 1.165) is 56.4 Å². The van der Waals surface area contributed by atoms with Crippen molar-refractivity contribution in [1.82, 2.24) is 25.4 Å². The molecule has 1 aliphatic heterocycles. The van der Waals surface area contributed by atoms with Crippen molar-refractivity contribution in [2.24, 2.45) is 10.9 Å². The molecule has 1 aromatic carbocycles. The van der Waals surface area contributed by atoms with Gasteiger partial charge < -0.3 is 15.4 Å². The van der Waals surface area contributed by atoms with Crippen LogP contribution in [-0.4, -0.2) is 47.5 Å². The van der Waals surface area contributed by atoms with Crippen LogP contribution in [0.2, 0.25) is 0 Å². The maximum absolute atomic E-state index is 5.14.